The van der Waals surface area contributed by atoms with Crippen molar-refractivity contribution in [3.63, 3.8) is 0 Å². The number of carbonyl (C=O) groups is 2. The van der Waals surface area contributed by atoms with Crippen LogP contribution < -0.4 is 25.2 Å². The highest BCUT2D eigenvalue weighted by Crippen LogP contribution is 2.35. The van der Waals surface area contributed by atoms with Crippen molar-refractivity contribution in [3.05, 3.63) is 30.5 Å². The lowest BCUT2D eigenvalue weighted by Crippen LogP contribution is -2.45. The number of aromatic nitrogens is 2. The molecule has 3 aliphatic heterocycles. The SMILES string of the molecule is O=C([O-])CSCC(=O)N[C@H]1CO[C@H]2[C@@H]1OC[C@@H]2Nc1nccc(-c2ccc3c(c2)OCO3)n1. The normalized spacial score (nSPS) is 25.0. The monoisotopic (exact) mass is 473 g/mol. The van der Waals surface area contributed by atoms with Crippen LogP contribution in [0.1, 0.15) is 0 Å². The molecule has 4 heterocycles. The van der Waals surface area contributed by atoms with Crippen LogP contribution in [0.4, 0.5) is 5.95 Å². The molecule has 1 aromatic heterocycles. The van der Waals surface area contributed by atoms with E-state index in [-0.39, 0.29) is 48.5 Å². The molecule has 0 saturated carbocycles. The van der Waals surface area contributed by atoms with E-state index in [1.54, 1.807) is 6.20 Å². The van der Waals surface area contributed by atoms with Crippen LogP contribution in [0.2, 0.25) is 0 Å². The van der Waals surface area contributed by atoms with Crippen molar-refractivity contribution in [3.8, 4) is 22.8 Å². The Kier molecular flexibility index (Phi) is 6.20. The van der Waals surface area contributed by atoms with Gasteiger partial charge >= 0.3 is 0 Å². The molecule has 174 valence electrons. The molecule has 0 bridgehead atoms. The van der Waals surface area contributed by atoms with Gasteiger partial charge in [0.2, 0.25) is 18.6 Å². The number of ether oxygens (including phenoxy) is 4. The summed E-state index contributed by atoms with van der Waals surface area (Å²) in [6.07, 6.45) is 1.09. The molecule has 0 spiro atoms. The van der Waals surface area contributed by atoms with Crippen LogP contribution in [-0.2, 0) is 19.1 Å². The van der Waals surface area contributed by atoms with Crippen LogP contribution in [0.3, 0.4) is 0 Å². The van der Waals surface area contributed by atoms with Gasteiger partial charge in [0, 0.05) is 17.5 Å². The summed E-state index contributed by atoms with van der Waals surface area (Å²) in [6, 6.07) is 6.96. The third kappa shape index (κ3) is 4.82. The lowest BCUT2D eigenvalue weighted by molar-refractivity contribution is -0.301. The number of thioether (sulfide) groups is 1. The van der Waals surface area contributed by atoms with Crippen molar-refractivity contribution in [2.24, 2.45) is 0 Å². The van der Waals surface area contributed by atoms with Gasteiger partial charge in [-0.05, 0) is 24.3 Å². The zero-order valence-corrected chi connectivity index (χ0v) is 18.2. The summed E-state index contributed by atoms with van der Waals surface area (Å²) < 4.78 is 22.6. The number of carboxylic acid groups (broad SMARTS) is 1. The summed E-state index contributed by atoms with van der Waals surface area (Å²) in [5.41, 5.74) is 1.61. The van der Waals surface area contributed by atoms with Crippen molar-refractivity contribution in [1.29, 1.82) is 0 Å². The molecule has 2 saturated heterocycles. The molecular weight excluding hydrogens is 452 g/mol. The van der Waals surface area contributed by atoms with Gasteiger partial charge in [-0.25, -0.2) is 9.97 Å². The van der Waals surface area contributed by atoms with Crippen molar-refractivity contribution in [2.45, 2.75) is 24.3 Å². The third-order valence-electron chi connectivity index (χ3n) is 5.49. The molecule has 2 N–H and O–H groups in total. The first-order chi connectivity index (χ1) is 16.1. The van der Waals surface area contributed by atoms with E-state index in [0.717, 1.165) is 23.0 Å². The Bertz CT molecular complexity index is 1060. The van der Waals surface area contributed by atoms with Crippen molar-refractivity contribution >= 4 is 29.6 Å². The molecule has 5 rings (SSSR count). The number of fused-ring (bicyclic) bond motifs is 2. The highest BCUT2D eigenvalue weighted by Gasteiger charge is 2.48. The zero-order chi connectivity index (χ0) is 22.8. The van der Waals surface area contributed by atoms with Crippen molar-refractivity contribution in [2.75, 3.05) is 36.8 Å². The van der Waals surface area contributed by atoms with Gasteiger partial charge in [-0.15, -0.1) is 11.8 Å². The number of amides is 1. The molecule has 33 heavy (non-hydrogen) atoms. The Balaban J connectivity index is 1.19. The number of benzene rings is 1. The standard InChI is InChI=1S/C21H22N4O7S/c26-17(8-33-9-18(27)28)23-13-6-29-20-14(7-30-19(13)20)25-21-22-4-3-12(24-21)11-1-2-15-16(5-11)32-10-31-15/h1-5,13-14,19-20H,6-10H2,(H,23,26)(H,27,28)(H,22,24,25)/p-1/t13-,14-,19+,20+/m0/s1. The molecule has 1 amide bonds. The second-order valence-electron chi connectivity index (χ2n) is 7.72. The molecule has 11 nitrogen and oxygen atoms in total. The fourth-order valence-electron chi connectivity index (χ4n) is 4.03. The molecule has 4 atom stereocenters. The van der Waals surface area contributed by atoms with E-state index in [1.807, 2.05) is 24.3 Å². The molecule has 0 radical (unpaired) electrons. The fraction of sp³-hybridized carbons (Fsp3) is 0.429. The van der Waals surface area contributed by atoms with Gasteiger partial charge in [-0.2, -0.15) is 0 Å². The number of nitrogens with one attached hydrogen (secondary N) is 2. The van der Waals surface area contributed by atoms with Gasteiger partial charge in [0.25, 0.3) is 0 Å². The van der Waals surface area contributed by atoms with E-state index in [1.165, 1.54) is 0 Å². The van der Waals surface area contributed by atoms with E-state index in [2.05, 4.69) is 20.6 Å². The van der Waals surface area contributed by atoms with Gasteiger partial charge in [-0.1, -0.05) is 0 Å². The number of hydrogen-bond donors (Lipinski definition) is 2. The number of hydrogen-bond acceptors (Lipinski definition) is 11. The maximum Gasteiger partial charge on any atom is 0.231 e. The Morgan fingerprint density at radius 3 is 2.70 bits per heavy atom. The molecular formula is C21H21N4O7S-. The van der Waals surface area contributed by atoms with Crippen LogP contribution in [0.15, 0.2) is 30.5 Å². The first-order valence-corrected chi connectivity index (χ1v) is 11.5. The lowest BCUT2D eigenvalue weighted by atomic mass is 10.1. The van der Waals surface area contributed by atoms with Crippen LogP contribution in [0.25, 0.3) is 11.3 Å². The number of nitrogens with zero attached hydrogens (tertiary/aromatic N) is 2. The van der Waals surface area contributed by atoms with Crippen molar-refractivity contribution < 1.29 is 33.6 Å². The Labute approximate surface area is 193 Å². The predicted molar refractivity (Wildman–Crippen MR) is 115 cm³/mol. The number of carboxylic acids is 1. The van der Waals surface area contributed by atoms with E-state index in [0.29, 0.717) is 30.7 Å². The predicted octanol–water partition coefficient (Wildman–Crippen LogP) is -0.582. The maximum atomic E-state index is 12.1. The van der Waals surface area contributed by atoms with Gasteiger partial charge in [0.1, 0.15) is 12.2 Å². The molecule has 2 aromatic rings. The number of aliphatic carboxylic acids is 1. The number of anilines is 1. The van der Waals surface area contributed by atoms with E-state index in [9.17, 15) is 14.7 Å². The summed E-state index contributed by atoms with van der Waals surface area (Å²) in [7, 11) is 0. The van der Waals surface area contributed by atoms with Gasteiger partial charge in [-0.3, -0.25) is 4.79 Å². The van der Waals surface area contributed by atoms with Gasteiger partial charge in [0.05, 0.1) is 42.7 Å². The first-order valence-electron chi connectivity index (χ1n) is 10.4. The minimum atomic E-state index is -1.20. The largest absolute Gasteiger partial charge is 0.549 e. The smallest absolute Gasteiger partial charge is 0.231 e. The highest BCUT2D eigenvalue weighted by atomic mass is 32.2. The molecule has 1 aromatic carbocycles. The van der Waals surface area contributed by atoms with E-state index < -0.39 is 5.97 Å². The number of carbonyl (C=O) groups excluding carboxylic acids is 2. The summed E-state index contributed by atoms with van der Waals surface area (Å²) in [5.74, 6) is 0.161. The van der Waals surface area contributed by atoms with Crippen LogP contribution in [0.5, 0.6) is 11.5 Å². The fourth-order valence-corrected chi connectivity index (χ4v) is 4.57. The summed E-state index contributed by atoms with van der Waals surface area (Å²) in [5, 5.41) is 16.6. The average Bonchev–Trinajstić information content (AvgIpc) is 3.52. The van der Waals surface area contributed by atoms with Crippen LogP contribution in [0, 0.1) is 0 Å². The Morgan fingerprint density at radius 2 is 1.85 bits per heavy atom. The minimum absolute atomic E-state index is 0.0318. The van der Waals surface area contributed by atoms with Crippen molar-refractivity contribution in [1.82, 2.24) is 15.3 Å². The van der Waals surface area contributed by atoms with Crippen LogP contribution >= 0.6 is 11.8 Å². The third-order valence-corrected chi connectivity index (χ3v) is 6.40. The molecule has 2 fully saturated rings. The molecule has 0 aliphatic carbocycles. The Hall–Kier alpha value is -3.09. The summed E-state index contributed by atoms with van der Waals surface area (Å²) in [4.78, 5) is 31.5. The van der Waals surface area contributed by atoms with E-state index in [4.69, 9.17) is 18.9 Å². The average molecular weight is 473 g/mol. The second kappa shape index (κ2) is 9.41. The minimum Gasteiger partial charge on any atom is -0.549 e. The summed E-state index contributed by atoms with van der Waals surface area (Å²) in [6.45, 7) is 0.890. The van der Waals surface area contributed by atoms with E-state index >= 15 is 0 Å². The number of rotatable bonds is 8. The second-order valence-corrected chi connectivity index (χ2v) is 8.70. The zero-order valence-electron chi connectivity index (χ0n) is 17.4. The Morgan fingerprint density at radius 1 is 1.06 bits per heavy atom. The van der Waals surface area contributed by atoms with Crippen LogP contribution in [-0.4, -0.2) is 77.6 Å². The van der Waals surface area contributed by atoms with Gasteiger partial charge < -0.3 is 39.5 Å². The topological polar surface area (TPSA) is 144 Å². The lowest BCUT2D eigenvalue weighted by Gasteiger charge is -2.18. The quantitative estimate of drug-likeness (QED) is 0.508. The highest BCUT2D eigenvalue weighted by molar-refractivity contribution is 8.00. The molecule has 12 heteroatoms. The molecule has 3 aliphatic rings. The first kappa shape index (κ1) is 21.7. The maximum absolute atomic E-state index is 12.1. The summed E-state index contributed by atoms with van der Waals surface area (Å²) >= 11 is 0.987. The molecule has 0 unspecified atom stereocenters. The van der Waals surface area contributed by atoms with Gasteiger partial charge in [0.15, 0.2) is 11.5 Å².